The van der Waals surface area contributed by atoms with Crippen molar-refractivity contribution in [3.8, 4) is 0 Å². The molecule has 1 saturated carbocycles. The predicted octanol–water partition coefficient (Wildman–Crippen LogP) is 6.08. The second kappa shape index (κ2) is 17.0. The highest BCUT2D eigenvalue weighted by atomic mass is 16.7. The van der Waals surface area contributed by atoms with Gasteiger partial charge in [-0.25, -0.2) is 4.79 Å². The van der Waals surface area contributed by atoms with Crippen molar-refractivity contribution in [2.24, 2.45) is 29.6 Å². The molecule has 57 heavy (non-hydrogen) atoms. The fourth-order valence-electron chi connectivity index (χ4n) is 11.1. The zero-order valence-corrected chi connectivity index (χ0v) is 34.9. The summed E-state index contributed by atoms with van der Waals surface area (Å²) in [4.78, 5) is 11.6. The molecular weight excluding hydrogens is 732 g/mol. The number of hydrogen-bond acceptors (Lipinski definition) is 11. The van der Waals surface area contributed by atoms with Crippen molar-refractivity contribution in [3.63, 3.8) is 0 Å². The van der Waals surface area contributed by atoms with Crippen LogP contribution in [0.2, 0.25) is 0 Å². The molecule has 6 fully saturated rings. The van der Waals surface area contributed by atoms with E-state index in [0.29, 0.717) is 56.4 Å². The summed E-state index contributed by atoms with van der Waals surface area (Å²) in [6.45, 7) is 14.8. The molecule has 7 aliphatic rings. The summed E-state index contributed by atoms with van der Waals surface area (Å²) in [5.41, 5.74) is -0.310. The Morgan fingerprint density at radius 3 is 2.49 bits per heavy atom. The lowest BCUT2D eigenvalue weighted by molar-refractivity contribution is -0.320. The molecule has 12 nitrogen and oxygen atoms in total. The molecule has 3 spiro atoms. The standard InChI is InChI=1S/C45H70O12/c1-26-21-36(55-45(24-26)37(47)12-11-33(54-45)25-42(6,51)41(49)50)27(2)9-10-32-15-19-44(53-32)18-14-31-23-34(30(5)38(48)40(31)57-44)35(46)22-29(4)39-28(3)13-17-43(56-39)16-7-8-20-52-43/h9-10,24,27-29,31-40,46-48,51H,5,7-8,11-23,25H2,1-4,6H3,(H,49,50)/t27-,28?,29+,31?,32?,33?,34?,35?,36?,37-,38?,39?,40?,42-,43?,44?,45?/m1/s1. The van der Waals surface area contributed by atoms with Crippen LogP contribution in [0.3, 0.4) is 0 Å². The molecule has 0 aromatic carbocycles. The average molecular weight is 803 g/mol. The summed E-state index contributed by atoms with van der Waals surface area (Å²) < 4.78 is 39.0. The molecule has 1 aliphatic carbocycles. The Morgan fingerprint density at radius 1 is 1.00 bits per heavy atom. The van der Waals surface area contributed by atoms with Gasteiger partial charge in [-0.15, -0.1) is 0 Å². The molecule has 5 saturated heterocycles. The van der Waals surface area contributed by atoms with Gasteiger partial charge < -0.3 is 54.0 Å². The van der Waals surface area contributed by atoms with Crippen molar-refractivity contribution in [2.75, 3.05) is 6.61 Å². The number of ether oxygens (including phenoxy) is 6. The van der Waals surface area contributed by atoms with E-state index in [2.05, 4.69) is 39.5 Å². The van der Waals surface area contributed by atoms with Crippen LogP contribution in [0.4, 0.5) is 0 Å². The summed E-state index contributed by atoms with van der Waals surface area (Å²) in [5.74, 6) is -3.67. The maximum Gasteiger partial charge on any atom is 0.335 e. The fraction of sp³-hybridized carbons (Fsp3) is 0.844. The highest BCUT2D eigenvalue weighted by Gasteiger charge is 2.54. The fourth-order valence-corrected chi connectivity index (χ4v) is 11.1. The van der Waals surface area contributed by atoms with Crippen molar-refractivity contribution in [2.45, 2.75) is 203 Å². The molecule has 13 unspecified atom stereocenters. The summed E-state index contributed by atoms with van der Waals surface area (Å²) in [6.07, 6.45) is 12.7. The first-order chi connectivity index (χ1) is 26.9. The summed E-state index contributed by atoms with van der Waals surface area (Å²) in [7, 11) is 0. The number of hydrogen-bond donors (Lipinski definition) is 5. The van der Waals surface area contributed by atoms with Crippen LogP contribution >= 0.6 is 0 Å². The number of fused-ring (bicyclic) bond motifs is 1. The van der Waals surface area contributed by atoms with E-state index in [1.165, 1.54) is 6.92 Å². The van der Waals surface area contributed by atoms with Gasteiger partial charge in [0.1, 0.15) is 12.2 Å². The number of carboxylic acids is 1. The van der Waals surface area contributed by atoms with Crippen LogP contribution in [0.15, 0.2) is 36.0 Å². The summed E-state index contributed by atoms with van der Waals surface area (Å²) >= 11 is 0. The Bertz CT molecular complexity index is 1500. The maximum absolute atomic E-state index is 11.7. The van der Waals surface area contributed by atoms with Gasteiger partial charge in [0.05, 0.1) is 43.2 Å². The Kier molecular flexibility index (Phi) is 12.9. The molecule has 5 N–H and O–H groups in total. The second-order valence-corrected chi connectivity index (χ2v) is 19.4. The Labute approximate surface area is 339 Å². The average Bonchev–Trinajstić information content (AvgIpc) is 3.56. The minimum atomic E-state index is -1.95. The van der Waals surface area contributed by atoms with E-state index in [4.69, 9.17) is 28.4 Å². The van der Waals surface area contributed by atoms with Crippen LogP contribution in [0.5, 0.6) is 0 Å². The molecule has 6 aliphatic heterocycles. The summed E-state index contributed by atoms with van der Waals surface area (Å²) in [5, 5.41) is 54.2. The predicted molar refractivity (Wildman–Crippen MR) is 211 cm³/mol. The number of carboxylic acid groups (broad SMARTS) is 1. The van der Waals surface area contributed by atoms with Gasteiger partial charge in [-0.3, -0.25) is 0 Å². The van der Waals surface area contributed by atoms with Crippen molar-refractivity contribution < 1.29 is 58.7 Å². The topological polar surface area (TPSA) is 174 Å². The lowest BCUT2D eigenvalue weighted by Crippen LogP contribution is -2.57. The van der Waals surface area contributed by atoms with Gasteiger partial charge in [-0.2, -0.15) is 0 Å². The van der Waals surface area contributed by atoms with Gasteiger partial charge in [-0.05, 0) is 107 Å². The molecule has 0 aromatic rings. The molecule has 0 amide bonds. The third-order valence-corrected chi connectivity index (χ3v) is 14.6. The molecule has 17 atom stereocenters. The molecule has 7 rings (SSSR count). The van der Waals surface area contributed by atoms with Gasteiger partial charge in [0, 0.05) is 43.9 Å². The van der Waals surface area contributed by atoms with E-state index in [-0.39, 0.29) is 48.4 Å². The van der Waals surface area contributed by atoms with Gasteiger partial charge in [0.2, 0.25) is 5.79 Å². The first kappa shape index (κ1) is 43.4. The molecule has 322 valence electrons. The number of aliphatic hydroxyl groups is 4. The van der Waals surface area contributed by atoms with Crippen molar-refractivity contribution in [1.82, 2.24) is 0 Å². The largest absolute Gasteiger partial charge is 0.479 e. The third kappa shape index (κ3) is 9.16. The Hall–Kier alpha value is -1.71. The van der Waals surface area contributed by atoms with Crippen molar-refractivity contribution >= 4 is 5.97 Å². The quantitative estimate of drug-likeness (QED) is 0.161. The van der Waals surface area contributed by atoms with E-state index in [9.17, 15) is 30.3 Å². The number of carbonyl (C=O) groups is 1. The normalized spacial score (nSPS) is 45.4. The van der Waals surface area contributed by atoms with Crippen LogP contribution in [0, 0.1) is 29.6 Å². The van der Waals surface area contributed by atoms with Crippen LogP contribution < -0.4 is 0 Å². The number of rotatable bonds is 10. The minimum Gasteiger partial charge on any atom is -0.479 e. The molecular formula is C45H70O12. The summed E-state index contributed by atoms with van der Waals surface area (Å²) in [6, 6.07) is 0. The molecule has 0 aromatic heterocycles. The third-order valence-electron chi connectivity index (χ3n) is 14.6. The first-order valence-electron chi connectivity index (χ1n) is 22.0. The highest BCUT2D eigenvalue weighted by Crippen LogP contribution is 2.50. The van der Waals surface area contributed by atoms with Gasteiger partial charge in [0.15, 0.2) is 17.2 Å². The first-order valence-corrected chi connectivity index (χ1v) is 22.0. The maximum atomic E-state index is 11.7. The molecule has 12 heteroatoms. The van der Waals surface area contributed by atoms with Gasteiger partial charge in [-0.1, -0.05) is 45.1 Å². The van der Waals surface area contributed by atoms with E-state index >= 15 is 0 Å². The van der Waals surface area contributed by atoms with Crippen molar-refractivity contribution in [3.05, 3.63) is 36.0 Å². The second-order valence-electron chi connectivity index (χ2n) is 19.4. The zero-order valence-electron chi connectivity index (χ0n) is 34.9. The lowest BCUT2D eigenvalue weighted by atomic mass is 9.68. The van der Waals surface area contributed by atoms with Crippen molar-refractivity contribution in [1.29, 1.82) is 0 Å². The van der Waals surface area contributed by atoms with E-state index in [0.717, 1.165) is 57.1 Å². The number of aliphatic carboxylic acids is 1. The van der Waals surface area contributed by atoms with Crippen LogP contribution in [-0.2, 0) is 33.2 Å². The van der Waals surface area contributed by atoms with E-state index in [1.54, 1.807) is 6.08 Å². The van der Waals surface area contributed by atoms with Gasteiger partial charge in [0.25, 0.3) is 0 Å². The minimum absolute atomic E-state index is 0.0132. The monoisotopic (exact) mass is 802 g/mol. The van der Waals surface area contributed by atoms with Crippen LogP contribution in [0.25, 0.3) is 0 Å². The van der Waals surface area contributed by atoms with Crippen LogP contribution in [-0.4, -0.2) is 110 Å². The van der Waals surface area contributed by atoms with Crippen LogP contribution in [0.1, 0.15) is 131 Å². The zero-order chi connectivity index (χ0) is 40.9. The Balaban J connectivity index is 0.920. The highest BCUT2D eigenvalue weighted by molar-refractivity contribution is 5.76. The molecule has 6 heterocycles. The number of aliphatic hydroxyl groups excluding tert-OH is 3. The molecule has 0 radical (unpaired) electrons. The molecule has 0 bridgehead atoms. The van der Waals surface area contributed by atoms with Gasteiger partial charge >= 0.3 is 5.97 Å². The lowest BCUT2D eigenvalue weighted by Gasteiger charge is -2.50. The Morgan fingerprint density at radius 2 is 1.75 bits per heavy atom. The smallest absolute Gasteiger partial charge is 0.335 e. The van der Waals surface area contributed by atoms with E-state index in [1.807, 2.05) is 6.92 Å². The SMILES string of the molecule is C=C1C(O)C2OC3(CCC(C=C[C@@H](C)C4CC(C)=CC5(OC(C[C@@](C)(O)C(=O)O)CC[C@H]5O)O4)O3)CCC2CC1C(O)C[C@H](C)C1OC2(CCCCO2)CCC1C. The van der Waals surface area contributed by atoms with E-state index < -0.39 is 59.5 Å².